The Hall–Kier alpha value is -3.20. The van der Waals surface area contributed by atoms with Crippen molar-refractivity contribution in [1.29, 1.82) is 0 Å². The zero-order valence-corrected chi connectivity index (χ0v) is 18.3. The third-order valence-electron chi connectivity index (χ3n) is 4.81. The number of carbonyl (C=O) groups excluding carboxylic acids is 1. The summed E-state index contributed by atoms with van der Waals surface area (Å²) in [6.45, 7) is 1.70. The van der Waals surface area contributed by atoms with Crippen molar-refractivity contribution in [2.75, 3.05) is 26.1 Å². The van der Waals surface area contributed by atoms with E-state index in [0.29, 0.717) is 48.0 Å². The van der Waals surface area contributed by atoms with Crippen molar-refractivity contribution in [3.8, 4) is 28.6 Å². The Morgan fingerprint density at radius 3 is 2.65 bits per heavy atom. The molecular formula is C22H24N4O4S. The molecule has 2 heterocycles. The summed E-state index contributed by atoms with van der Waals surface area (Å²) in [4.78, 5) is 12.2. The van der Waals surface area contributed by atoms with Crippen LogP contribution in [0.5, 0.6) is 17.2 Å². The molecule has 1 aromatic heterocycles. The molecule has 0 radical (unpaired) electrons. The van der Waals surface area contributed by atoms with Crippen LogP contribution in [0.3, 0.4) is 0 Å². The number of carbonyl (C=O) groups is 1. The fraction of sp³-hybridized carbons (Fsp3) is 0.318. The van der Waals surface area contributed by atoms with Crippen LogP contribution in [0.25, 0.3) is 11.4 Å². The van der Waals surface area contributed by atoms with E-state index in [-0.39, 0.29) is 11.7 Å². The van der Waals surface area contributed by atoms with E-state index >= 15 is 0 Å². The minimum Gasteiger partial charge on any atom is -0.496 e. The zero-order valence-electron chi connectivity index (χ0n) is 17.5. The molecule has 31 heavy (non-hydrogen) atoms. The van der Waals surface area contributed by atoms with Crippen LogP contribution in [-0.2, 0) is 18.4 Å². The van der Waals surface area contributed by atoms with Crippen LogP contribution in [0.4, 0.5) is 0 Å². The Morgan fingerprint density at radius 2 is 1.90 bits per heavy atom. The first-order valence-corrected chi connectivity index (χ1v) is 10.9. The van der Waals surface area contributed by atoms with Gasteiger partial charge in [0.05, 0.1) is 31.6 Å². The van der Waals surface area contributed by atoms with Gasteiger partial charge in [-0.15, -0.1) is 10.2 Å². The number of nitrogens with zero attached hydrogens (tertiary/aromatic N) is 3. The quantitative estimate of drug-likeness (QED) is 0.565. The molecule has 0 unspecified atom stereocenters. The van der Waals surface area contributed by atoms with Gasteiger partial charge in [0.1, 0.15) is 5.75 Å². The summed E-state index contributed by atoms with van der Waals surface area (Å²) in [5, 5.41) is 12.1. The molecule has 1 aliphatic heterocycles. The lowest BCUT2D eigenvalue weighted by Gasteiger charge is -2.13. The highest BCUT2D eigenvalue weighted by Crippen LogP contribution is 2.41. The van der Waals surface area contributed by atoms with Gasteiger partial charge < -0.3 is 24.1 Å². The number of ether oxygens (including phenoxy) is 3. The topological polar surface area (TPSA) is 87.5 Å². The molecule has 3 aromatic rings. The summed E-state index contributed by atoms with van der Waals surface area (Å²) in [6, 6.07) is 13.5. The van der Waals surface area contributed by atoms with Gasteiger partial charge in [-0.3, -0.25) is 4.79 Å². The molecule has 8 nitrogen and oxygen atoms in total. The van der Waals surface area contributed by atoms with Crippen molar-refractivity contribution in [3.05, 3.63) is 48.0 Å². The lowest BCUT2D eigenvalue weighted by Crippen LogP contribution is -2.24. The highest BCUT2D eigenvalue weighted by atomic mass is 32.2. The lowest BCUT2D eigenvalue weighted by molar-refractivity contribution is -0.118. The fourth-order valence-electron chi connectivity index (χ4n) is 3.19. The van der Waals surface area contributed by atoms with E-state index in [2.05, 4.69) is 15.5 Å². The highest BCUT2D eigenvalue weighted by Gasteiger charge is 2.21. The number of thioether (sulfide) groups is 1. The van der Waals surface area contributed by atoms with Gasteiger partial charge in [-0.1, -0.05) is 42.1 Å². The predicted octanol–water partition coefficient (Wildman–Crippen LogP) is 3.06. The molecule has 0 bridgehead atoms. The molecule has 1 aliphatic rings. The van der Waals surface area contributed by atoms with Crippen LogP contribution < -0.4 is 19.5 Å². The molecule has 162 valence electrons. The predicted molar refractivity (Wildman–Crippen MR) is 118 cm³/mol. The van der Waals surface area contributed by atoms with Crippen molar-refractivity contribution >= 4 is 17.7 Å². The maximum absolute atomic E-state index is 12.2. The van der Waals surface area contributed by atoms with E-state index in [1.807, 2.05) is 54.1 Å². The molecule has 1 amide bonds. The van der Waals surface area contributed by atoms with E-state index in [0.717, 1.165) is 17.5 Å². The van der Waals surface area contributed by atoms with E-state index in [4.69, 9.17) is 14.2 Å². The monoisotopic (exact) mass is 440 g/mol. The van der Waals surface area contributed by atoms with Crippen LogP contribution >= 0.6 is 11.8 Å². The van der Waals surface area contributed by atoms with Crippen LogP contribution in [-0.4, -0.2) is 46.7 Å². The Morgan fingerprint density at radius 1 is 1.16 bits per heavy atom. The number of aromatic nitrogens is 3. The lowest BCUT2D eigenvalue weighted by atomic mass is 10.1. The number of fused-ring (bicyclic) bond motifs is 1. The summed E-state index contributed by atoms with van der Waals surface area (Å²) in [5.41, 5.74) is 1.81. The van der Waals surface area contributed by atoms with Crippen LogP contribution in [0.15, 0.2) is 47.6 Å². The average molecular weight is 441 g/mol. The van der Waals surface area contributed by atoms with E-state index in [9.17, 15) is 4.79 Å². The third-order valence-corrected chi connectivity index (χ3v) is 5.83. The minimum absolute atomic E-state index is 0.0634. The minimum atomic E-state index is -0.0634. The van der Waals surface area contributed by atoms with Gasteiger partial charge in [0, 0.05) is 26.1 Å². The van der Waals surface area contributed by atoms with E-state index in [1.54, 1.807) is 7.11 Å². The molecule has 2 aromatic carbocycles. The SMILES string of the molecule is COc1cc2c(cc1-c1nnc(SCC(=O)NCc3ccccc3)n1C)OCCCO2. The molecule has 1 N–H and O–H groups in total. The summed E-state index contributed by atoms with van der Waals surface area (Å²) >= 11 is 1.33. The molecular weight excluding hydrogens is 416 g/mol. The van der Waals surface area contributed by atoms with Crippen molar-refractivity contribution < 1.29 is 19.0 Å². The van der Waals surface area contributed by atoms with E-state index in [1.165, 1.54) is 11.8 Å². The van der Waals surface area contributed by atoms with Crippen molar-refractivity contribution in [1.82, 2.24) is 20.1 Å². The summed E-state index contributed by atoms with van der Waals surface area (Å²) < 4.78 is 18.9. The number of rotatable bonds is 7. The van der Waals surface area contributed by atoms with Crippen LogP contribution in [0, 0.1) is 0 Å². The Kier molecular flexibility index (Phi) is 6.61. The Labute approximate surface area is 184 Å². The van der Waals surface area contributed by atoms with Gasteiger partial charge in [0.15, 0.2) is 22.5 Å². The maximum Gasteiger partial charge on any atom is 0.230 e. The number of nitrogens with one attached hydrogen (secondary N) is 1. The zero-order chi connectivity index (χ0) is 21.6. The number of benzene rings is 2. The largest absolute Gasteiger partial charge is 0.496 e. The maximum atomic E-state index is 12.2. The number of hydrogen-bond acceptors (Lipinski definition) is 7. The molecule has 0 saturated heterocycles. The molecule has 0 atom stereocenters. The smallest absolute Gasteiger partial charge is 0.230 e. The number of amides is 1. The van der Waals surface area contributed by atoms with Crippen molar-refractivity contribution in [2.24, 2.45) is 7.05 Å². The van der Waals surface area contributed by atoms with Gasteiger partial charge in [0.25, 0.3) is 0 Å². The molecule has 4 rings (SSSR count). The number of hydrogen-bond donors (Lipinski definition) is 1. The van der Waals surface area contributed by atoms with Gasteiger partial charge in [-0.05, 0) is 11.6 Å². The van der Waals surface area contributed by atoms with Crippen molar-refractivity contribution in [3.63, 3.8) is 0 Å². The summed E-state index contributed by atoms with van der Waals surface area (Å²) in [5.74, 6) is 2.75. The molecule has 0 fully saturated rings. The first-order valence-electron chi connectivity index (χ1n) is 9.96. The average Bonchev–Trinajstić information content (AvgIpc) is 3.01. The third kappa shape index (κ3) is 4.93. The second-order valence-corrected chi connectivity index (χ2v) is 7.91. The normalized spacial score (nSPS) is 12.8. The summed E-state index contributed by atoms with van der Waals surface area (Å²) in [7, 11) is 3.47. The molecule has 0 spiro atoms. The van der Waals surface area contributed by atoms with Crippen LogP contribution in [0.1, 0.15) is 12.0 Å². The van der Waals surface area contributed by atoms with Crippen molar-refractivity contribution in [2.45, 2.75) is 18.1 Å². The molecule has 0 saturated carbocycles. The molecule has 0 aliphatic carbocycles. The fourth-order valence-corrected chi connectivity index (χ4v) is 3.93. The van der Waals surface area contributed by atoms with Crippen LogP contribution in [0.2, 0.25) is 0 Å². The second-order valence-electron chi connectivity index (χ2n) is 6.97. The molecule has 9 heteroatoms. The number of methoxy groups -OCH3 is 1. The standard InChI is InChI=1S/C22H24N4O4S/c1-26-21(16-11-18-19(12-17(16)28-2)30-10-6-9-29-18)24-25-22(26)31-14-20(27)23-13-15-7-4-3-5-8-15/h3-5,7-8,11-12H,6,9-10,13-14H2,1-2H3,(H,23,27). The van der Waals surface area contributed by atoms with Gasteiger partial charge in [-0.25, -0.2) is 0 Å². The van der Waals surface area contributed by atoms with Gasteiger partial charge in [0.2, 0.25) is 5.91 Å². The Bertz CT molecular complexity index is 1060. The first kappa shape index (κ1) is 21.0. The van der Waals surface area contributed by atoms with Gasteiger partial charge >= 0.3 is 0 Å². The Balaban J connectivity index is 1.45. The second kappa shape index (κ2) is 9.74. The van der Waals surface area contributed by atoms with Gasteiger partial charge in [-0.2, -0.15) is 0 Å². The summed E-state index contributed by atoms with van der Waals surface area (Å²) in [6.07, 6.45) is 0.823. The highest BCUT2D eigenvalue weighted by molar-refractivity contribution is 7.99. The van der Waals surface area contributed by atoms with E-state index < -0.39 is 0 Å². The first-order chi connectivity index (χ1) is 15.2.